The number of nitrogens with zero attached hydrogens (tertiary/aromatic N) is 1. The van der Waals surface area contributed by atoms with Crippen LogP contribution >= 0.6 is 11.6 Å². The number of hydrogen-bond acceptors (Lipinski definition) is 2. The zero-order chi connectivity index (χ0) is 14.1. The van der Waals surface area contributed by atoms with Gasteiger partial charge in [0.05, 0.1) is 17.3 Å². The SMILES string of the molecule is Cc1ccc(NC(=O)c2cccc3cn[nH]c23)cc1Cl. The van der Waals surface area contributed by atoms with Crippen LogP contribution in [0.5, 0.6) is 0 Å². The number of amides is 1. The molecule has 0 fully saturated rings. The number of carbonyl (C=O) groups is 1. The van der Waals surface area contributed by atoms with Gasteiger partial charge >= 0.3 is 0 Å². The molecule has 2 N–H and O–H groups in total. The van der Waals surface area contributed by atoms with Crippen molar-refractivity contribution in [2.75, 3.05) is 5.32 Å². The number of nitrogens with one attached hydrogen (secondary N) is 2. The van der Waals surface area contributed by atoms with E-state index in [0.29, 0.717) is 16.3 Å². The second-order valence-electron chi connectivity index (χ2n) is 4.56. The van der Waals surface area contributed by atoms with E-state index in [-0.39, 0.29) is 5.91 Å². The Morgan fingerprint density at radius 2 is 2.15 bits per heavy atom. The van der Waals surface area contributed by atoms with E-state index < -0.39 is 0 Å². The molecular weight excluding hydrogens is 274 g/mol. The van der Waals surface area contributed by atoms with Crippen LogP contribution in [0.1, 0.15) is 15.9 Å². The summed E-state index contributed by atoms with van der Waals surface area (Å²) in [7, 11) is 0. The maximum absolute atomic E-state index is 12.3. The van der Waals surface area contributed by atoms with E-state index >= 15 is 0 Å². The van der Waals surface area contributed by atoms with Crippen molar-refractivity contribution in [3.8, 4) is 0 Å². The molecule has 3 aromatic rings. The van der Waals surface area contributed by atoms with Crippen molar-refractivity contribution in [1.29, 1.82) is 0 Å². The van der Waals surface area contributed by atoms with Crippen LogP contribution in [0.4, 0.5) is 5.69 Å². The number of hydrogen-bond donors (Lipinski definition) is 2. The standard InChI is InChI=1S/C15H12ClN3O/c1-9-5-6-11(7-13(9)16)18-15(20)12-4-2-3-10-8-17-19-14(10)12/h2-8H,1H3,(H,17,19)(H,18,20). The van der Waals surface area contributed by atoms with Gasteiger partial charge in [-0.2, -0.15) is 5.10 Å². The van der Waals surface area contributed by atoms with Gasteiger partial charge in [-0.1, -0.05) is 29.8 Å². The van der Waals surface area contributed by atoms with E-state index in [2.05, 4.69) is 15.5 Å². The molecule has 1 heterocycles. The Balaban J connectivity index is 1.93. The van der Waals surface area contributed by atoms with Gasteiger partial charge < -0.3 is 5.32 Å². The number of aromatic nitrogens is 2. The lowest BCUT2D eigenvalue weighted by molar-refractivity contribution is 0.102. The second-order valence-corrected chi connectivity index (χ2v) is 4.97. The van der Waals surface area contributed by atoms with Gasteiger partial charge in [0.1, 0.15) is 0 Å². The number of benzene rings is 2. The Labute approximate surface area is 120 Å². The molecule has 0 aliphatic carbocycles. The first kappa shape index (κ1) is 12.7. The summed E-state index contributed by atoms with van der Waals surface area (Å²) in [6.07, 6.45) is 1.69. The summed E-state index contributed by atoms with van der Waals surface area (Å²) in [4.78, 5) is 12.3. The molecule has 0 radical (unpaired) electrons. The van der Waals surface area contributed by atoms with Gasteiger partial charge in [0, 0.05) is 16.1 Å². The van der Waals surface area contributed by atoms with Gasteiger partial charge in [-0.05, 0) is 30.7 Å². The highest BCUT2D eigenvalue weighted by Crippen LogP contribution is 2.22. The highest BCUT2D eigenvalue weighted by atomic mass is 35.5. The van der Waals surface area contributed by atoms with E-state index in [1.807, 2.05) is 31.2 Å². The van der Waals surface area contributed by atoms with E-state index in [4.69, 9.17) is 11.6 Å². The zero-order valence-electron chi connectivity index (χ0n) is 10.8. The summed E-state index contributed by atoms with van der Waals surface area (Å²) in [5.41, 5.74) is 2.92. The highest BCUT2D eigenvalue weighted by molar-refractivity contribution is 6.31. The highest BCUT2D eigenvalue weighted by Gasteiger charge is 2.11. The number of anilines is 1. The minimum Gasteiger partial charge on any atom is -0.322 e. The quantitative estimate of drug-likeness (QED) is 0.753. The summed E-state index contributed by atoms with van der Waals surface area (Å²) in [5, 5.41) is 11.2. The molecule has 5 heteroatoms. The van der Waals surface area contributed by atoms with Gasteiger partial charge in [-0.25, -0.2) is 0 Å². The molecule has 0 aliphatic heterocycles. The van der Waals surface area contributed by atoms with Crippen LogP contribution in [0.15, 0.2) is 42.6 Å². The van der Waals surface area contributed by atoms with Crippen LogP contribution in [0, 0.1) is 6.92 Å². The normalized spacial score (nSPS) is 10.7. The second kappa shape index (κ2) is 4.98. The third-order valence-electron chi connectivity index (χ3n) is 3.15. The van der Waals surface area contributed by atoms with Crippen LogP contribution in [0.3, 0.4) is 0 Å². The Morgan fingerprint density at radius 1 is 1.30 bits per heavy atom. The van der Waals surface area contributed by atoms with Gasteiger partial charge in [-0.15, -0.1) is 0 Å². The molecule has 0 spiro atoms. The first-order valence-corrected chi connectivity index (χ1v) is 6.52. The number of rotatable bonds is 2. The van der Waals surface area contributed by atoms with Crippen LogP contribution in [-0.2, 0) is 0 Å². The molecule has 100 valence electrons. The van der Waals surface area contributed by atoms with Gasteiger partial charge in [-0.3, -0.25) is 9.89 Å². The molecule has 1 amide bonds. The van der Waals surface area contributed by atoms with E-state index in [1.54, 1.807) is 18.3 Å². The molecule has 0 bridgehead atoms. The van der Waals surface area contributed by atoms with Crippen LogP contribution in [0.25, 0.3) is 10.9 Å². The lowest BCUT2D eigenvalue weighted by Crippen LogP contribution is -2.12. The number of para-hydroxylation sites is 1. The fraction of sp³-hybridized carbons (Fsp3) is 0.0667. The monoisotopic (exact) mass is 285 g/mol. The van der Waals surface area contributed by atoms with Crippen LogP contribution in [-0.4, -0.2) is 16.1 Å². The van der Waals surface area contributed by atoms with Crippen LogP contribution in [0.2, 0.25) is 5.02 Å². The smallest absolute Gasteiger partial charge is 0.257 e. The molecule has 0 saturated carbocycles. The summed E-state index contributed by atoms with van der Waals surface area (Å²) in [6, 6.07) is 10.9. The molecule has 0 atom stereocenters. The summed E-state index contributed by atoms with van der Waals surface area (Å²) < 4.78 is 0. The fourth-order valence-corrected chi connectivity index (χ4v) is 2.21. The average Bonchev–Trinajstić information content (AvgIpc) is 2.91. The first-order valence-electron chi connectivity index (χ1n) is 6.15. The van der Waals surface area contributed by atoms with Crippen molar-refractivity contribution in [3.63, 3.8) is 0 Å². The third kappa shape index (κ3) is 2.26. The molecule has 3 rings (SSSR count). The Kier molecular flexibility index (Phi) is 3.16. The maximum Gasteiger partial charge on any atom is 0.257 e. The zero-order valence-corrected chi connectivity index (χ0v) is 11.5. The minimum absolute atomic E-state index is 0.195. The molecule has 0 saturated heterocycles. The van der Waals surface area contributed by atoms with Crippen molar-refractivity contribution in [2.24, 2.45) is 0 Å². The number of aromatic amines is 1. The minimum atomic E-state index is -0.195. The number of H-pyrrole nitrogens is 1. The molecule has 0 aliphatic rings. The topological polar surface area (TPSA) is 57.8 Å². The van der Waals surface area contributed by atoms with Gasteiger partial charge in [0.15, 0.2) is 0 Å². The number of fused-ring (bicyclic) bond motifs is 1. The van der Waals surface area contributed by atoms with E-state index in [1.165, 1.54) is 0 Å². The average molecular weight is 286 g/mol. The van der Waals surface area contributed by atoms with E-state index in [0.717, 1.165) is 16.5 Å². The molecule has 0 unspecified atom stereocenters. The Morgan fingerprint density at radius 3 is 2.95 bits per heavy atom. The largest absolute Gasteiger partial charge is 0.322 e. The number of aryl methyl sites for hydroxylation is 1. The molecule has 1 aromatic heterocycles. The van der Waals surface area contributed by atoms with Crippen molar-refractivity contribution in [3.05, 3.63) is 58.7 Å². The first-order chi connectivity index (χ1) is 9.65. The van der Waals surface area contributed by atoms with E-state index in [9.17, 15) is 4.79 Å². The molecule has 20 heavy (non-hydrogen) atoms. The summed E-state index contributed by atoms with van der Waals surface area (Å²) in [6.45, 7) is 1.92. The molecule has 2 aromatic carbocycles. The molecular formula is C15H12ClN3O. The Hall–Kier alpha value is -2.33. The Bertz CT molecular complexity index is 795. The fourth-order valence-electron chi connectivity index (χ4n) is 2.03. The van der Waals surface area contributed by atoms with Crippen LogP contribution < -0.4 is 5.32 Å². The van der Waals surface area contributed by atoms with Crippen molar-refractivity contribution in [1.82, 2.24) is 10.2 Å². The van der Waals surface area contributed by atoms with Crippen molar-refractivity contribution < 1.29 is 4.79 Å². The lowest BCUT2D eigenvalue weighted by Gasteiger charge is -2.07. The predicted octanol–water partition coefficient (Wildman–Crippen LogP) is 3.78. The lowest BCUT2D eigenvalue weighted by atomic mass is 10.1. The third-order valence-corrected chi connectivity index (χ3v) is 3.56. The van der Waals surface area contributed by atoms with Gasteiger partial charge in [0.25, 0.3) is 5.91 Å². The number of halogens is 1. The summed E-state index contributed by atoms with van der Waals surface area (Å²) >= 11 is 6.05. The molecule has 4 nitrogen and oxygen atoms in total. The number of carbonyl (C=O) groups excluding carboxylic acids is 1. The van der Waals surface area contributed by atoms with Crippen molar-refractivity contribution >= 4 is 34.1 Å². The van der Waals surface area contributed by atoms with Crippen molar-refractivity contribution in [2.45, 2.75) is 6.92 Å². The maximum atomic E-state index is 12.3. The predicted molar refractivity (Wildman–Crippen MR) is 80.2 cm³/mol. The van der Waals surface area contributed by atoms with Gasteiger partial charge in [0.2, 0.25) is 0 Å². The summed E-state index contributed by atoms with van der Waals surface area (Å²) in [5.74, 6) is -0.195.